The van der Waals surface area contributed by atoms with E-state index in [0.29, 0.717) is 17.4 Å². The smallest absolute Gasteiger partial charge is 0.328 e. The Bertz CT molecular complexity index is 2040. The second-order valence-electron chi connectivity index (χ2n) is 12.7. The van der Waals surface area contributed by atoms with E-state index in [1.165, 1.54) is 15.7 Å². The van der Waals surface area contributed by atoms with E-state index in [4.69, 9.17) is 4.74 Å². The van der Waals surface area contributed by atoms with Crippen LogP contribution in [-0.2, 0) is 23.5 Å². The van der Waals surface area contributed by atoms with Crippen LogP contribution in [0.5, 0.6) is 0 Å². The number of benzene rings is 5. The predicted octanol–water partition coefficient (Wildman–Crippen LogP) is 7.77. The summed E-state index contributed by atoms with van der Waals surface area (Å²) in [7, 11) is 0. The molecule has 49 heavy (non-hydrogen) atoms. The van der Waals surface area contributed by atoms with Crippen LogP contribution in [0.3, 0.4) is 0 Å². The zero-order valence-electron chi connectivity index (χ0n) is 27.6. The standard InChI is InChI=1S/C43H41N3O3/c47-41-39-24-23-33(32-49-43(36-17-7-2-8-18-36,37-19-9-3-10-20-37)38-21-11-4-12-22-38)31-40(39)44-42(48)46(41)28-14-13-27-45-29-25-35(26-30-45)34-15-5-1-6-16-34/h1-12,15-25,31H,13-14,26-30,32H2,(H,44,48). The van der Waals surface area contributed by atoms with Crippen LogP contribution in [-0.4, -0.2) is 34.1 Å². The first-order chi connectivity index (χ1) is 24.1. The third-order valence-electron chi connectivity index (χ3n) is 9.59. The summed E-state index contributed by atoms with van der Waals surface area (Å²) in [6.45, 7) is 3.54. The number of nitrogens with zero attached hydrogens (tertiary/aromatic N) is 2. The van der Waals surface area contributed by atoms with Crippen molar-refractivity contribution in [3.8, 4) is 0 Å². The number of rotatable bonds is 12. The van der Waals surface area contributed by atoms with Gasteiger partial charge in [-0.15, -0.1) is 0 Å². The summed E-state index contributed by atoms with van der Waals surface area (Å²) in [5, 5.41) is 0.499. The Kier molecular flexibility index (Phi) is 9.78. The summed E-state index contributed by atoms with van der Waals surface area (Å²) >= 11 is 0. The number of aromatic nitrogens is 2. The summed E-state index contributed by atoms with van der Waals surface area (Å²) in [5.41, 5.74) is 5.62. The molecule has 246 valence electrons. The maximum Gasteiger partial charge on any atom is 0.328 e. The molecule has 1 aliphatic heterocycles. The predicted molar refractivity (Wildman–Crippen MR) is 198 cm³/mol. The molecule has 0 amide bonds. The van der Waals surface area contributed by atoms with E-state index in [9.17, 15) is 9.59 Å². The molecule has 0 atom stereocenters. The van der Waals surface area contributed by atoms with Crippen LogP contribution in [0.4, 0.5) is 0 Å². The molecule has 0 radical (unpaired) electrons. The summed E-state index contributed by atoms with van der Waals surface area (Å²) in [6.07, 6.45) is 5.03. The van der Waals surface area contributed by atoms with Crippen LogP contribution in [0.15, 0.2) is 155 Å². The topological polar surface area (TPSA) is 67.3 Å². The largest absolute Gasteiger partial charge is 0.356 e. The zero-order chi connectivity index (χ0) is 33.5. The number of unbranched alkanes of at least 4 members (excludes halogenated alkanes) is 1. The fraction of sp³-hybridized carbons (Fsp3) is 0.209. The highest BCUT2D eigenvalue weighted by molar-refractivity contribution is 5.78. The fourth-order valence-corrected chi connectivity index (χ4v) is 6.99. The van der Waals surface area contributed by atoms with Crippen molar-refractivity contribution in [3.63, 3.8) is 0 Å². The number of hydrogen-bond donors (Lipinski definition) is 1. The summed E-state index contributed by atoms with van der Waals surface area (Å²) < 4.78 is 8.31. The monoisotopic (exact) mass is 647 g/mol. The lowest BCUT2D eigenvalue weighted by molar-refractivity contribution is 0.000284. The van der Waals surface area contributed by atoms with E-state index < -0.39 is 5.60 Å². The van der Waals surface area contributed by atoms with Crippen molar-refractivity contribution in [2.75, 3.05) is 19.6 Å². The maximum absolute atomic E-state index is 13.5. The third kappa shape index (κ3) is 6.98. The number of aromatic amines is 1. The Hall–Kier alpha value is -5.30. The molecule has 1 aliphatic rings. The SMILES string of the molecule is O=c1[nH]c2cc(COC(c3ccccc3)(c3ccccc3)c3ccccc3)ccc2c(=O)n1CCCCN1CC=C(c2ccccc2)CC1. The van der Waals surface area contributed by atoms with Gasteiger partial charge < -0.3 is 9.72 Å². The van der Waals surface area contributed by atoms with Gasteiger partial charge in [-0.25, -0.2) is 4.79 Å². The molecule has 0 aliphatic carbocycles. The Morgan fingerprint density at radius 3 is 1.82 bits per heavy atom. The first-order valence-electron chi connectivity index (χ1n) is 17.1. The molecular weight excluding hydrogens is 606 g/mol. The number of nitrogens with one attached hydrogen (secondary N) is 1. The van der Waals surface area contributed by atoms with Crippen LogP contribution in [0, 0.1) is 0 Å². The quantitative estimate of drug-likeness (QED) is 0.109. The van der Waals surface area contributed by atoms with E-state index in [2.05, 4.69) is 76.6 Å². The van der Waals surface area contributed by atoms with Gasteiger partial charge in [-0.05, 0) is 71.3 Å². The number of hydrogen-bond acceptors (Lipinski definition) is 4. The van der Waals surface area contributed by atoms with Crippen LogP contribution in [0.25, 0.3) is 16.5 Å². The van der Waals surface area contributed by atoms with Crippen LogP contribution >= 0.6 is 0 Å². The Balaban J connectivity index is 1.06. The van der Waals surface area contributed by atoms with Crippen molar-refractivity contribution >= 4 is 16.5 Å². The van der Waals surface area contributed by atoms with Crippen molar-refractivity contribution in [3.05, 3.63) is 194 Å². The molecule has 0 saturated carbocycles. The summed E-state index contributed by atoms with van der Waals surface area (Å²) in [4.78, 5) is 32.1. The summed E-state index contributed by atoms with van der Waals surface area (Å²) in [5.74, 6) is 0. The number of ether oxygens (including phenoxy) is 1. The molecule has 2 heterocycles. The Labute approximate surface area is 287 Å². The molecule has 6 aromatic rings. The minimum atomic E-state index is -0.871. The van der Waals surface area contributed by atoms with Gasteiger partial charge in [-0.1, -0.05) is 133 Å². The van der Waals surface area contributed by atoms with Crippen LogP contribution in [0.2, 0.25) is 0 Å². The molecule has 0 spiro atoms. The van der Waals surface area contributed by atoms with E-state index in [0.717, 1.165) is 61.2 Å². The van der Waals surface area contributed by atoms with Gasteiger partial charge in [0.25, 0.3) is 5.56 Å². The molecule has 6 nitrogen and oxygen atoms in total. The Morgan fingerprint density at radius 2 is 1.24 bits per heavy atom. The van der Waals surface area contributed by atoms with Crippen LogP contribution < -0.4 is 11.2 Å². The highest BCUT2D eigenvalue weighted by Gasteiger charge is 2.37. The lowest BCUT2D eigenvalue weighted by Crippen LogP contribution is -2.35. The Morgan fingerprint density at radius 1 is 0.673 bits per heavy atom. The highest BCUT2D eigenvalue weighted by atomic mass is 16.5. The molecule has 0 unspecified atom stereocenters. The molecule has 1 aromatic heterocycles. The van der Waals surface area contributed by atoms with Gasteiger partial charge in [0, 0.05) is 19.6 Å². The first kappa shape index (κ1) is 32.3. The van der Waals surface area contributed by atoms with Gasteiger partial charge in [0.2, 0.25) is 0 Å². The average Bonchev–Trinajstić information content (AvgIpc) is 3.16. The van der Waals surface area contributed by atoms with Gasteiger partial charge in [0.05, 0.1) is 17.5 Å². The van der Waals surface area contributed by atoms with Gasteiger partial charge in [0.15, 0.2) is 0 Å². The summed E-state index contributed by atoms with van der Waals surface area (Å²) in [6, 6.07) is 46.9. The normalized spacial score (nSPS) is 13.8. The minimum absolute atomic E-state index is 0.258. The molecule has 5 aromatic carbocycles. The van der Waals surface area contributed by atoms with Gasteiger partial charge in [0.1, 0.15) is 5.60 Å². The fourth-order valence-electron chi connectivity index (χ4n) is 6.99. The van der Waals surface area contributed by atoms with Gasteiger partial charge in [-0.3, -0.25) is 14.3 Å². The second-order valence-corrected chi connectivity index (χ2v) is 12.7. The highest BCUT2D eigenvalue weighted by Crippen LogP contribution is 2.41. The van der Waals surface area contributed by atoms with Crippen molar-refractivity contribution in [1.29, 1.82) is 0 Å². The molecule has 1 N–H and O–H groups in total. The third-order valence-corrected chi connectivity index (χ3v) is 9.59. The van der Waals surface area contributed by atoms with Gasteiger partial charge >= 0.3 is 5.69 Å². The van der Waals surface area contributed by atoms with Gasteiger partial charge in [-0.2, -0.15) is 0 Å². The second kappa shape index (κ2) is 14.9. The molecular formula is C43H41N3O3. The van der Waals surface area contributed by atoms with E-state index >= 15 is 0 Å². The minimum Gasteiger partial charge on any atom is -0.356 e. The average molecular weight is 648 g/mol. The van der Waals surface area contributed by atoms with E-state index in [-0.39, 0.29) is 17.9 Å². The zero-order valence-corrected chi connectivity index (χ0v) is 27.6. The maximum atomic E-state index is 13.5. The van der Waals surface area contributed by atoms with Crippen molar-refractivity contribution in [2.24, 2.45) is 0 Å². The van der Waals surface area contributed by atoms with E-state index in [1.807, 2.05) is 78.9 Å². The van der Waals surface area contributed by atoms with Crippen molar-refractivity contribution < 1.29 is 4.74 Å². The lowest BCUT2D eigenvalue weighted by atomic mass is 9.80. The molecule has 7 rings (SSSR count). The number of fused-ring (bicyclic) bond motifs is 1. The first-order valence-corrected chi connectivity index (χ1v) is 17.1. The molecule has 0 fully saturated rings. The van der Waals surface area contributed by atoms with Crippen LogP contribution in [0.1, 0.15) is 47.1 Å². The van der Waals surface area contributed by atoms with Crippen molar-refractivity contribution in [1.82, 2.24) is 14.5 Å². The molecule has 0 bridgehead atoms. The number of H-pyrrole nitrogens is 1. The van der Waals surface area contributed by atoms with Crippen molar-refractivity contribution in [2.45, 2.75) is 38.0 Å². The molecule has 6 heteroatoms. The lowest BCUT2D eigenvalue weighted by Gasteiger charge is -2.36. The molecule has 0 saturated heterocycles. The van der Waals surface area contributed by atoms with E-state index in [1.54, 1.807) is 0 Å².